The Kier molecular flexibility index (Phi) is 7.11. The topological polar surface area (TPSA) is 84.9 Å². The molecular formula is C21H26N2O5S. The number of benzene rings is 2. The fourth-order valence-corrected chi connectivity index (χ4v) is 4.67. The van der Waals surface area contributed by atoms with E-state index < -0.39 is 10.0 Å². The van der Waals surface area contributed by atoms with Gasteiger partial charge in [0, 0.05) is 18.7 Å². The van der Waals surface area contributed by atoms with Crippen molar-refractivity contribution in [1.82, 2.24) is 9.62 Å². The molecule has 29 heavy (non-hydrogen) atoms. The Morgan fingerprint density at radius 3 is 2.34 bits per heavy atom. The maximum Gasteiger partial charge on any atom is 0.251 e. The lowest BCUT2D eigenvalue weighted by atomic mass is 10.2. The van der Waals surface area contributed by atoms with E-state index in [9.17, 15) is 13.2 Å². The van der Waals surface area contributed by atoms with Crippen LogP contribution in [-0.4, -0.2) is 51.5 Å². The third kappa shape index (κ3) is 5.48. The first-order valence-corrected chi connectivity index (χ1v) is 11.2. The molecule has 0 unspecified atom stereocenters. The van der Waals surface area contributed by atoms with Crippen molar-refractivity contribution < 1.29 is 22.7 Å². The first-order chi connectivity index (χ1) is 14.0. The van der Waals surface area contributed by atoms with Gasteiger partial charge in [-0.2, -0.15) is 4.31 Å². The predicted octanol–water partition coefficient (Wildman–Crippen LogP) is 2.68. The first-order valence-electron chi connectivity index (χ1n) is 9.75. The van der Waals surface area contributed by atoms with Crippen molar-refractivity contribution in [3.8, 4) is 11.5 Å². The van der Waals surface area contributed by atoms with E-state index in [1.165, 1.54) is 16.4 Å². The Morgan fingerprint density at radius 1 is 1.03 bits per heavy atom. The molecule has 1 aliphatic heterocycles. The predicted molar refractivity (Wildman–Crippen MR) is 110 cm³/mol. The summed E-state index contributed by atoms with van der Waals surface area (Å²) in [6, 6.07) is 13.4. The summed E-state index contributed by atoms with van der Waals surface area (Å²) in [6.45, 7) is 4.18. The van der Waals surface area contributed by atoms with Crippen molar-refractivity contribution in [2.24, 2.45) is 0 Å². The molecule has 2 aromatic carbocycles. The summed E-state index contributed by atoms with van der Waals surface area (Å²) in [5, 5.41) is 2.75. The van der Waals surface area contributed by atoms with Crippen molar-refractivity contribution in [3.05, 3.63) is 54.1 Å². The Hall–Kier alpha value is -2.58. The lowest BCUT2D eigenvalue weighted by Gasteiger charge is -2.16. The Balaban J connectivity index is 1.52. The molecule has 1 saturated heterocycles. The van der Waals surface area contributed by atoms with Crippen LogP contribution in [0.1, 0.15) is 30.1 Å². The molecule has 1 fully saturated rings. The minimum absolute atomic E-state index is 0.151. The van der Waals surface area contributed by atoms with Gasteiger partial charge in [-0.3, -0.25) is 4.79 Å². The molecular weight excluding hydrogens is 392 g/mol. The van der Waals surface area contributed by atoms with Gasteiger partial charge >= 0.3 is 0 Å². The van der Waals surface area contributed by atoms with Crippen molar-refractivity contribution >= 4 is 15.9 Å². The molecule has 1 heterocycles. The van der Waals surface area contributed by atoms with Crippen LogP contribution < -0.4 is 14.8 Å². The molecule has 3 rings (SSSR count). The monoisotopic (exact) mass is 418 g/mol. The van der Waals surface area contributed by atoms with Gasteiger partial charge in [0.05, 0.1) is 18.0 Å². The maximum absolute atomic E-state index is 12.7. The number of carbonyl (C=O) groups excluding carboxylic acids is 1. The Bertz CT molecular complexity index is 922. The second kappa shape index (κ2) is 9.76. The molecule has 156 valence electrons. The summed E-state index contributed by atoms with van der Waals surface area (Å²) in [4.78, 5) is 12.5. The van der Waals surface area contributed by atoms with Gasteiger partial charge in [-0.25, -0.2) is 8.42 Å². The van der Waals surface area contributed by atoms with Crippen LogP contribution in [0.2, 0.25) is 0 Å². The summed E-state index contributed by atoms with van der Waals surface area (Å²) in [5.74, 6) is 1.12. The van der Waals surface area contributed by atoms with E-state index in [1.807, 2.05) is 19.1 Å². The highest BCUT2D eigenvalue weighted by molar-refractivity contribution is 7.89. The van der Waals surface area contributed by atoms with Crippen molar-refractivity contribution in [1.29, 1.82) is 0 Å². The van der Waals surface area contributed by atoms with Crippen LogP contribution in [0.25, 0.3) is 0 Å². The van der Waals surface area contributed by atoms with Gasteiger partial charge in [0.25, 0.3) is 5.91 Å². The van der Waals surface area contributed by atoms with Gasteiger partial charge in [-0.1, -0.05) is 6.07 Å². The summed E-state index contributed by atoms with van der Waals surface area (Å²) in [5.41, 5.74) is 0.311. The van der Waals surface area contributed by atoms with E-state index in [0.717, 1.165) is 18.6 Å². The van der Waals surface area contributed by atoms with E-state index in [4.69, 9.17) is 9.47 Å². The molecule has 0 saturated carbocycles. The van der Waals surface area contributed by atoms with Gasteiger partial charge < -0.3 is 14.8 Å². The number of ether oxygens (including phenoxy) is 2. The number of amides is 1. The van der Waals surface area contributed by atoms with E-state index in [0.29, 0.717) is 44.2 Å². The summed E-state index contributed by atoms with van der Waals surface area (Å²) in [6.07, 6.45) is 1.74. The number of nitrogens with zero attached hydrogens (tertiary/aromatic N) is 1. The van der Waals surface area contributed by atoms with Gasteiger partial charge in [0.2, 0.25) is 10.0 Å². The zero-order chi connectivity index (χ0) is 20.7. The number of hydrogen-bond donors (Lipinski definition) is 1. The molecule has 0 bridgehead atoms. The molecule has 1 amide bonds. The van der Waals surface area contributed by atoms with Gasteiger partial charge in [-0.15, -0.1) is 0 Å². The Morgan fingerprint density at radius 2 is 1.69 bits per heavy atom. The van der Waals surface area contributed by atoms with Gasteiger partial charge in [0.1, 0.15) is 18.1 Å². The van der Waals surface area contributed by atoms with Crippen LogP contribution in [0.4, 0.5) is 0 Å². The van der Waals surface area contributed by atoms with Crippen LogP contribution in [0.5, 0.6) is 11.5 Å². The molecule has 0 radical (unpaired) electrons. The number of sulfonamides is 1. The molecule has 2 aromatic rings. The quantitative estimate of drug-likeness (QED) is 0.633. The summed E-state index contributed by atoms with van der Waals surface area (Å²) >= 11 is 0. The largest absolute Gasteiger partial charge is 0.494 e. The average molecular weight is 419 g/mol. The fraction of sp³-hybridized carbons (Fsp3) is 0.381. The highest BCUT2D eigenvalue weighted by atomic mass is 32.2. The first kappa shape index (κ1) is 21.1. The number of carbonyl (C=O) groups is 1. The SMILES string of the molecule is CCOc1ccc(OCCNC(=O)c2cccc(S(=O)(=O)N3CCCC3)c2)cc1. The molecule has 0 aliphatic carbocycles. The van der Waals surface area contributed by atoms with E-state index >= 15 is 0 Å². The average Bonchev–Trinajstić information content (AvgIpc) is 3.28. The second-order valence-electron chi connectivity index (χ2n) is 6.65. The molecule has 1 N–H and O–H groups in total. The van der Waals surface area contributed by atoms with Crippen molar-refractivity contribution in [2.45, 2.75) is 24.7 Å². The maximum atomic E-state index is 12.7. The zero-order valence-electron chi connectivity index (χ0n) is 16.5. The van der Waals surface area contributed by atoms with Crippen molar-refractivity contribution in [3.63, 3.8) is 0 Å². The Labute approximate surface area is 171 Å². The lowest BCUT2D eigenvalue weighted by molar-refractivity contribution is 0.0947. The third-order valence-corrected chi connectivity index (χ3v) is 6.48. The molecule has 0 spiro atoms. The zero-order valence-corrected chi connectivity index (χ0v) is 17.3. The van der Waals surface area contributed by atoms with Crippen molar-refractivity contribution in [2.75, 3.05) is 32.8 Å². The van der Waals surface area contributed by atoms with E-state index in [2.05, 4.69) is 5.32 Å². The number of nitrogens with one attached hydrogen (secondary N) is 1. The highest BCUT2D eigenvalue weighted by Crippen LogP contribution is 2.21. The van der Waals surface area contributed by atoms with Crippen LogP contribution in [0.15, 0.2) is 53.4 Å². The third-order valence-electron chi connectivity index (χ3n) is 4.59. The van der Waals surface area contributed by atoms with Gasteiger partial charge in [-0.05, 0) is 62.2 Å². The summed E-state index contributed by atoms with van der Waals surface area (Å²) < 4.78 is 37.8. The van der Waals surface area contributed by atoms with Crippen LogP contribution in [0.3, 0.4) is 0 Å². The molecule has 1 aliphatic rings. The smallest absolute Gasteiger partial charge is 0.251 e. The van der Waals surface area contributed by atoms with E-state index in [-0.39, 0.29) is 10.8 Å². The highest BCUT2D eigenvalue weighted by Gasteiger charge is 2.27. The lowest BCUT2D eigenvalue weighted by Crippen LogP contribution is -2.30. The fourth-order valence-electron chi connectivity index (χ4n) is 3.11. The normalized spacial score (nSPS) is 14.5. The minimum atomic E-state index is -3.55. The van der Waals surface area contributed by atoms with Crippen LogP contribution in [-0.2, 0) is 10.0 Å². The second-order valence-corrected chi connectivity index (χ2v) is 8.59. The molecule has 0 aromatic heterocycles. The van der Waals surface area contributed by atoms with Gasteiger partial charge in [0.15, 0.2) is 0 Å². The van der Waals surface area contributed by atoms with E-state index in [1.54, 1.807) is 24.3 Å². The minimum Gasteiger partial charge on any atom is -0.494 e. The molecule has 0 atom stereocenters. The number of rotatable bonds is 9. The number of hydrogen-bond acceptors (Lipinski definition) is 5. The molecule has 8 heteroatoms. The summed E-state index contributed by atoms with van der Waals surface area (Å²) in [7, 11) is -3.55. The molecule has 7 nitrogen and oxygen atoms in total. The van der Waals surface area contributed by atoms with Crippen LogP contribution in [0, 0.1) is 0 Å². The standard InChI is InChI=1S/C21H26N2O5S/c1-2-27-18-8-10-19(11-9-18)28-15-12-22-21(24)17-6-5-7-20(16-17)29(25,26)23-13-3-4-14-23/h5-11,16H,2-4,12-15H2,1H3,(H,22,24). The van der Waals surface area contributed by atoms with Crippen LogP contribution >= 0.6 is 0 Å².